The van der Waals surface area contributed by atoms with Gasteiger partial charge in [-0.2, -0.15) is 18.4 Å². The van der Waals surface area contributed by atoms with E-state index in [9.17, 15) is 31.2 Å². The molecule has 3 aromatic carbocycles. The molecule has 0 saturated carbocycles. The molecule has 0 atom stereocenters. The number of rotatable bonds is 7. The van der Waals surface area contributed by atoms with Crippen molar-refractivity contribution in [3.05, 3.63) is 129 Å². The summed E-state index contributed by atoms with van der Waals surface area (Å²) in [4.78, 5) is 26.0. The molecule has 7 nitrogen and oxygen atoms in total. The van der Waals surface area contributed by atoms with Crippen molar-refractivity contribution in [3.63, 3.8) is 0 Å². The van der Waals surface area contributed by atoms with Crippen LogP contribution in [0, 0.1) is 18.3 Å². The third kappa shape index (κ3) is 6.30. The summed E-state index contributed by atoms with van der Waals surface area (Å²) in [7, 11) is -3.66. The van der Waals surface area contributed by atoms with Gasteiger partial charge in [0.25, 0.3) is 11.5 Å². The van der Waals surface area contributed by atoms with E-state index >= 15 is 0 Å². The number of alkyl halides is 3. The van der Waals surface area contributed by atoms with E-state index in [2.05, 4.69) is 5.32 Å². The third-order valence-corrected chi connectivity index (χ3v) is 7.83. The quantitative estimate of drug-likeness (QED) is 0.342. The fraction of sp³-hybridized carbons (Fsp3) is 0.138. The first-order chi connectivity index (χ1) is 18.9. The van der Waals surface area contributed by atoms with Crippen LogP contribution in [-0.2, 0) is 28.3 Å². The SMILES string of the molecule is Cc1ccc(C(=O)NCc2ccc(S(=O)(=O)Cc3ccc(C#N)cc3)cc2)c(=O)n1-c1cccc(C(F)(F)F)c1. The van der Waals surface area contributed by atoms with Gasteiger partial charge < -0.3 is 5.32 Å². The van der Waals surface area contributed by atoms with Gasteiger partial charge in [0.2, 0.25) is 0 Å². The highest BCUT2D eigenvalue weighted by Crippen LogP contribution is 2.30. The first kappa shape index (κ1) is 28.3. The standard InChI is InChI=1S/C29H22F3N3O4S/c1-19-5-14-26(28(37)35(19)24-4-2-3-23(15-24)29(30,31)32)27(36)34-17-21-10-12-25(13-11-21)40(38,39)18-22-8-6-20(16-33)7-9-22/h2-15H,17-18H2,1H3,(H,34,36). The highest BCUT2D eigenvalue weighted by molar-refractivity contribution is 7.90. The van der Waals surface area contributed by atoms with Crippen molar-refractivity contribution in [2.45, 2.75) is 30.3 Å². The van der Waals surface area contributed by atoms with Crippen molar-refractivity contribution in [2.24, 2.45) is 0 Å². The number of nitrogens with zero attached hydrogens (tertiary/aromatic N) is 2. The minimum atomic E-state index is -4.60. The van der Waals surface area contributed by atoms with Crippen molar-refractivity contribution in [2.75, 3.05) is 0 Å². The average Bonchev–Trinajstić information content (AvgIpc) is 2.92. The lowest BCUT2D eigenvalue weighted by Gasteiger charge is -2.14. The van der Waals surface area contributed by atoms with Crippen LogP contribution in [0.5, 0.6) is 0 Å². The Bertz CT molecular complexity index is 1770. The number of sulfone groups is 1. The van der Waals surface area contributed by atoms with E-state index in [0.29, 0.717) is 22.4 Å². The van der Waals surface area contributed by atoms with Crippen LogP contribution in [0.4, 0.5) is 13.2 Å². The number of carbonyl (C=O) groups excluding carboxylic acids is 1. The molecule has 204 valence electrons. The van der Waals surface area contributed by atoms with Crippen LogP contribution < -0.4 is 10.9 Å². The third-order valence-electron chi connectivity index (χ3n) is 6.13. The molecule has 1 N–H and O–H groups in total. The summed E-state index contributed by atoms with van der Waals surface area (Å²) >= 11 is 0. The normalized spacial score (nSPS) is 11.6. The summed E-state index contributed by atoms with van der Waals surface area (Å²) in [5.41, 5.74) is -0.115. The Kier molecular flexibility index (Phi) is 7.93. The molecule has 0 fully saturated rings. The second kappa shape index (κ2) is 11.2. The van der Waals surface area contributed by atoms with E-state index in [1.165, 1.54) is 48.5 Å². The summed E-state index contributed by atoms with van der Waals surface area (Å²) in [5.74, 6) is -0.983. The molecule has 1 amide bonds. The second-order valence-corrected chi connectivity index (χ2v) is 11.0. The Labute approximate surface area is 228 Å². The van der Waals surface area contributed by atoms with Gasteiger partial charge in [-0.1, -0.05) is 30.3 Å². The van der Waals surface area contributed by atoms with Crippen molar-refractivity contribution in [1.29, 1.82) is 5.26 Å². The van der Waals surface area contributed by atoms with E-state index in [1.807, 2.05) is 6.07 Å². The first-order valence-electron chi connectivity index (χ1n) is 11.9. The largest absolute Gasteiger partial charge is 0.416 e. The molecule has 40 heavy (non-hydrogen) atoms. The predicted molar refractivity (Wildman–Crippen MR) is 141 cm³/mol. The number of hydrogen-bond acceptors (Lipinski definition) is 5. The fourth-order valence-electron chi connectivity index (χ4n) is 4.02. The maximum absolute atomic E-state index is 13.2. The van der Waals surface area contributed by atoms with Crippen LogP contribution in [0.1, 0.15) is 38.3 Å². The lowest BCUT2D eigenvalue weighted by Crippen LogP contribution is -2.33. The second-order valence-electron chi connectivity index (χ2n) is 8.97. The Balaban J connectivity index is 1.48. The highest BCUT2D eigenvalue weighted by Gasteiger charge is 2.30. The number of aromatic nitrogens is 1. The Morgan fingerprint density at radius 1 is 0.950 bits per heavy atom. The Morgan fingerprint density at radius 3 is 2.23 bits per heavy atom. The van der Waals surface area contributed by atoms with Gasteiger partial charge in [0.15, 0.2) is 9.84 Å². The molecule has 0 aliphatic carbocycles. The lowest BCUT2D eigenvalue weighted by atomic mass is 10.1. The summed E-state index contributed by atoms with van der Waals surface area (Å²) < 4.78 is 66.1. The van der Waals surface area contributed by atoms with E-state index in [4.69, 9.17) is 5.26 Å². The molecule has 1 heterocycles. The number of amides is 1. The molecule has 0 aliphatic rings. The zero-order valence-electron chi connectivity index (χ0n) is 21.1. The zero-order valence-corrected chi connectivity index (χ0v) is 21.9. The number of pyridine rings is 1. The molecule has 1 aromatic heterocycles. The van der Waals surface area contributed by atoms with Gasteiger partial charge in [0.1, 0.15) is 5.56 Å². The molecular formula is C29H22F3N3O4S. The van der Waals surface area contributed by atoms with E-state index in [1.54, 1.807) is 31.2 Å². The van der Waals surface area contributed by atoms with E-state index < -0.39 is 33.0 Å². The van der Waals surface area contributed by atoms with Crippen molar-refractivity contribution in [3.8, 4) is 11.8 Å². The molecule has 0 unspecified atom stereocenters. The van der Waals surface area contributed by atoms with Crippen LogP contribution in [0.3, 0.4) is 0 Å². The molecule has 11 heteroatoms. The van der Waals surface area contributed by atoms with Crippen LogP contribution in [-0.4, -0.2) is 18.9 Å². The van der Waals surface area contributed by atoms with Crippen molar-refractivity contribution >= 4 is 15.7 Å². The van der Waals surface area contributed by atoms with Gasteiger partial charge >= 0.3 is 6.18 Å². The number of nitriles is 1. The number of carbonyl (C=O) groups is 1. The molecular weight excluding hydrogens is 543 g/mol. The zero-order chi connectivity index (χ0) is 29.1. The minimum Gasteiger partial charge on any atom is -0.348 e. The molecule has 0 radical (unpaired) electrons. The molecule has 4 aromatic rings. The van der Waals surface area contributed by atoms with Crippen molar-refractivity contribution in [1.82, 2.24) is 9.88 Å². The van der Waals surface area contributed by atoms with Crippen LogP contribution in [0.2, 0.25) is 0 Å². The Hall–Kier alpha value is -4.69. The van der Waals surface area contributed by atoms with E-state index in [-0.39, 0.29) is 28.4 Å². The van der Waals surface area contributed by atoms with Gasteiger partial charge in [-0.15, -0.1) is 0 Å². The number of hydrogen-bond donors (Lipinski definition) is 1. The molecule has 4 rings (SSSR count). The molecule has 0 aliphatic heterocycles. The minimum absolute atomic E-state index is 0.0222. The molecule has 0 saturated heterocycles. The summed E-state index contributed by atoms with van der Waals surface area (Å²) in [5, 5.41) is 11.5. The number of nitrogens with one attached hydrogen (secondary N) is 1. The first-order valence-corrected chi connectivity index (χ1v) is 13.5. The monoisotopic (exact) mass is 565 g/mol. The predicted octanol–water partition coefficient (Wildman–Crippen LogP) is 4.94. The van der Waals surface area contributed by atoms with Gasteiger partial charge in [0.05, 0.1) is 27.8 Å². The maximum Gasteiger partial charge on any atom is 0.416 e. The summed E-state index contributed by atoms with van der Waals surface area (Å²) in [6.45, 7) is 1.52. The van der Waals surface area contributed by atoms with Gasteiger partial charge in [0, 0.05) is 17.9 Å². The van der Waals surface area contributed by atoms with Crippen molar-refractivity contribution < 1.29 is 26.4 Å². The lowest BCUT2D eigenvalue weighted by molar-refractivity contribution is -0.137. The fourth-order valence-corrected chi connectivity index (χ4v) is 5.36. The van der Waals surface area contributed by atoms with Gasteiger partial charge in [-0.25, -0.2) is 8.42 Å². The summed E-state index contributed by atoms with van der Waals surface area (Å²) in [6, 6.07) is 21.1. The van der Waals surface area contributed by atoms with Crippen LogP contribution in [0.15, 0.2) is 94.6 Å². The van der Waals surface area contributed by atoms with Crippen LogP contribution in [0.25, 0.3) is 5.69 Å². The summed E-state index contributed by atoms with van der Waals surface area (Å²) in [6.07, 6.45) is -4.60. The van der Waals surface area contributed by atoms with Crippen LogP contribution >= 0.6 is 0 Å². The van der Waals surface area contributed by atoms with Gasteiger partial charge in [-0.05, 0) is 72.6 Å². The molecule has 0 bridgehead atoms. The number of aryl methyl sites for hydroxylation is 1. The highest BCUT2D eigenvalue weighted by atomic mass is 32.2. The smallest absolute Gasteiger partial charge is 0.348 e. The van der Waals surface area contributed by atoms with Gasteiger partial charge in [-0.3, -0.25) is 14.2 Å². The molecule has 0 spiro atoms. The Morgan fingerprint density at radius 2 is 1.60 bits per heavy atom. The maximum atomic E-state index is 13.2. The van der Waals surface area contributed by atoms with E-state index in [0.717, 1.165) is 16.7 Å². The number of halogens is 3. The average molecular weight is 566 g/mol. The topological polar surface area (TPSA) is 109 Å². The number of benzene rings is 3.